The minimum Gasteiger partial charge on any atom is -0.267 e. The molecule has 1 rings (SSSR count). The van der Waals surface area contributed by atoms with Crippen LogP contribution in [0.4, 0.5) is 10.1 Å². The van der Waals surface area contributed by atoms with Crippen LogP contribution in [0.15, 0.2) is 22.7 Å². The van der Waals surface area contributed by atoms with Crippen LogP contribution in [-0.2, 0) is 10.2 Å². The average Bonchev–Trinajstić information content (AvgIpc) is 1.95. The third-order valence-electron chi connectivity index (χ3n) is 1.21. The summed E-state index contributed by atoms with van der Waals surface area (Å²) in [5.74, 6) is -0.691. The Kier molecular flexibility index (Phi) is 2.89. The summed E-state index contributed by atoms with van der Waals surface area (Å²) < 4.78 is 36.3. The van der Waals surface area contributed by atoms with Crippen molar-refractivity contribution in [3.63, 3.8) is 0 Å². The molecule has 0 aliphatic rings. The van der Waals surface area contributed by atoms with Crippen molar-refractivity contribution in [2.45, 2.75) is 0 Å². The van der Waals surface area contributed by atoms with Gasteiger partial charge in [-0.3, -0.25) is 4.72 Å². The Hall–Kier alpha value is -0.660. The van der Waals surface area contributed by atoms with Gasteiger partial charge in [-0.1, -0.05) is 6.07 Å². The van der Waals surface area contributed by atoms with E-state index in [1.165, 1.54) is 12.1 Å². The number of hydrogen-bond donors (Lipinski definition) is 2. The molecule has 0 radical (unpaired) electrons. The quantitative estimate of drug-likeness (QED) is 0.846. The second kappa shape index (κ2) is 3.60. The molecular formula is C6H6BrFN2O2S. The van der Waals surface area contributed by atoms with E-state index in [0.717, 1.165) is 6.07 Å². The monoisotopic (exact) mass is 268 g/mol. The lowest BCUT2D eigenvalue weighted by Gasteiger charge is -2.06. The molecule has 0 aromatic heterocycles. The largest absolute Gasteiger partial charge is 0.296 e. The van der Waals surface area contributed by atoms with Crippen molar-refractivity contribution in [3.8, 4) is 0 Å². The molecule has 1 aromatic rings. The van der Waals surface area contributed by atoms with E-state index in [4.69, 9.17) is 0 Å². The molecular weight excluding hydrogens is 263 g/mol. The first-order valence-electron chi connectivity index (χ1n) is 3.15. The fourth-order valence-electron chi connectivity index (χ4n) is 0.738. The first-order valence-corrected chi connectivity index (χ1v) is 5.48. The topological polar surface area (TPSA) is 72.2 Å². The van der Waals surface area contributed by atoms with Crippen molar-refractivity contribution in [3.05, 3.63) is 28.5 Å². The van der Waals surface area contributed by atoms with Crippen LogP contribution >= 0.6 is 15.9 Å². The highest BCUT2D eigenvalue weighted by molar-refractivity contribution is 9.10. The van der Waals surface area contributed by atoms with Crippen LogP contribution in [0, 0.1) is 5.82 Å². The summed E-state index contributed by atoms with van der Waals surface area (Å²) in [7, 11) is -3.94. The maximum atomic E-state index is 13.0. The maximum Gasteiger partial charge on any atom is 0.296 e. The standard InChI is InChI=1S/C6H6BrFN2O2S/c7-4-2-1-3-5(8)6(4)10-13(9,11)12/h1-3,10H,(H2,9,11,12). The number of benzene rings is 1. The number of anilines is 1. The molecule has 0 unspecified atom stereocenters. The van der Waals surface area contributed by atoms with E-state index in [2.05, 4.69) is 21.1 Å². The van der Waals surface area contributed by atoms with E-state index in [1.807, 2.05) is 4.72 Å². The second-order valence-electron chi connectivity index (χ2n) is 2.24. The van der Waals surface area contributed by atoms with E-state index < -0.39 is 16.0 Å². The minimum atomic E-state index is -3.94. The minimum absolute atomic E-state index is 0.190. The van der Waals surface area contributed by atoms with Crippen molar-refractivity contribution in [1.82, 2.24) is 0 Å². The van der Waals surface area contributed by atoms with Crippen molar-refractivity contribution in [2.24, 2.45) is 5.14 Å². The summed E-state index contributed by atoms with van der Waals surface area (Å²) in [6.07, 6.45) is 0. The molecule has 0 fully saturated rings. The Morgan fingerprint density at radius 3 is 2.54 bits per heavy atom. The molecule has 0 aliphatic carbocycles. The zero-order valence-corrected chi connectivity index (χ0v) is 8.69. The fourth-order valence-corrected chi connectivity index (χ4v) is 1.80. The molecule has 0 heterocycles. The predicted octanol–water partition coefficient (Wildman–Crippen LogP) is 1.20. The normalized spacial score (nSPS) is 11.3. The summed E-state index contributed by atoms with van der Waals surface area (Å²) >= 11 is 2.98. The Labute approximate surface area is 83.3 Å². The molecule has 72 valence electrons. The van der Waals surface area contributed by atoms with E-state index in [9.17, 15) is 12.8 Å². The van der Waals surface area contributed by atoms with Gasteiger partial charge in [0, 0.05) is 4.47 Å². The van der Waals surface area contributed by atoms with Gasteiger partial charge < -0.3 is 0 Å². The molecule has 0 bridgehead atoms. The molecule has 0 saturated carbocycles. The molecule has 0 aliphatic heterocycles. The third kappa shape index (κ3) is 2.94. The van der Waals surface area contributed by atoms with Gasteiger partial charge >= 0.3 is 0 Å². The Balaban J connectivity index is 3.15. The molecule has 4 nitrogen and oxygen atoms in total. The Morgan fingerprint density at radius 1 is 1.46 bits per heavy atom. The Morgan fingerprint density at radius 2 is 2.08 bits per heavy atom. The van der Waals surface area contributed by atoms with Gasteiger partial charge in [-0.25, -0.2) is 9.53 Å². The van der Waals surface area contributed by atoms with E-state index in [-0.39, 0.29) is 5.69 Å². The summed E-state index contributed by atoms with van der Waals surface area (Å²) in [6, 6.07) is 4.06. The predicted molar refractivity (Wildman–Crippen MR) is 50.8 cm³/mol. The van der Waals surface area contributed by atoms with Gasteiger partial charge in [0.05, 0.1) is 5.69 Å². The van der Waals surface area contributed by atoms with Gasteiger partial charge in [0.25, 0.3) is 10.2 Å². The van der Waals surface area contributed by atoms with Crippen LogP contribution < -0.4 is 9.86 Å². The van der Waals surface area contributed by atoms with E-state index >= 15 is 0 Å². The van der Waals surface area contributed by atoms with Gasteiger partial charge in [-0.2, -0.15) is 8.42 Å². The molecule has 0 amide bonds. The summed E-state index contributed by atoms with van der Waals surface area (Å²) in [5.41, 5.74) is -0.190. The number of rotatable bonds is 2. The lowest BCUT2D eigenvalue weighted by atomic mass is 10.3. The number of nitrogens with two attached hydrogens (primary N) is 1. The number of hydrogen-bond acceptors (Lipinski definition) is 2. The molecule has 0 spiro atoms. The van der Waals surface area contributed by atoms with Gasteiger partial charge in [0.1, 0.15) is 5.82 Å². The van der Waals surface area contributed by atoms with Crippen LogP contribution in [0.3, 0.4) is 0 Å². The molecule has 0 saturated heterocycles. The number of nitrogens with one attached hydrogen (secondary N) is 1. The van der Waals surface area contributed by atoms with Crippen LogP contribution in [-0.4, -0.2) is 8.42 Å². The molecule has 7 heteroatoms. The van der Waals surface area contributed by atoms with Crippen molar-refractivity contribution in [1.29, 1.82) is 0 Å². The maximum absolute atomic E-state index is 13.0. The summed E-state index contributed by atoms with van der Waals surface area (Å²) in [4.78, 5) is 0. The zero-order chi connectivity index (χ0) is 10.1. The SMILES string of the molecule is NS(=O)(=O)Nc1c(F)cccc1Br. The van der Waals surface area contributed by atoms with Gasteiger partial charge in [-0.05, 0) is 28.1 Å². The second-order valence-corrected chi connectivity index (χ2v) is 4.39. The number of halogens is 2. The van der Waals surface area contributed by atoms with Crippen LogP contribution in [0.1, 0.15) is 0 Å². The van der Waals surface area contributed by atoms with E-state index in [0.29, 0.717) is 4.47 Å². The molecule has 0 atom stereocenters. The highest BCUT2D eigenvalue weighted by Crippen LogP contribution is 2.25. The summed E-state index contributed by atoms with van der Waals surface area (Å²) in [5, 5.41) is 4.68. The lowest BCUT2D eigenvalue weighted by Crippen LogP contribution is -2.22. The summed E-state index contributed by atoms with van der Waals surface area (Å²) in [6.45, 7) is 0. The smallest absolute Gasteiger partial charge is 0.267 e. The highest BCUT2D eigenvalue weighted by Gasteiger charge is 2.10. The Bertz CT molecular complexity index is 400. The molecule has 1 aromatic carbocycles. The number of para-hydroxylation sites is 1. The van der Waals surface area contributed by atoms with Crippen LogP contribution in [0.2, 0.25) is 0 Å². The first kappa shape index (κ1) is 10.4. The van der Waals surface area contributed by atoms with Crippen molar-refractivity contribution in [2.75, 3.05) is 4.72 Å². The molecule has 3 N–H and O–H groups in total. The fraction of sp³-hybridized carbons (Fsp3) is 0. The van der Waals surface area contributed by atoms with Gasteiger partial charge in [0.2, 0.25) is 0 Å². The first-order chi connectivity index (χ1) is 5.90. The van der Waals surface area contributed by atoms with Gasteiger partial charge in [0.15, 0.2) is 0 Å². The lowest BCUT2D eigenvalue weighted by molar-refractivity contribution is 0.600. The highest BCUT2D eigenvalue weighted by atomic mass is 79.9. The zero-order valence-electron chi connectivity index (χ0n) is 6.29. The van der Waals surface area contributed by atoms with Gasteiger partial charge in [-0.15, -0.1) is 0 Å². The van der Waals surface area contributed by atoms with Crippen molar-refractivity contribution >= 4 is 31.8 Å². The van der Waals surface area contributed by atoms with Crippen LogP contribution in [0.5, 0.6) is 0 Å². The molecule has 13 heavy (non-hydrogen) atoms. The van der Waals surface area contributed by atoms with E-state index in [1.54, 1.807) is 0 Å². The third-order valence-corrected chi connectivity index (χ3v) is 2.36. The average molecular weight is 269 g/mol. The van der Waals surface area contributed by atoms with Crippen molar-refractivity contribution < 1.29 is 12.8 Å². The van der Waals surface area contributed by atoms with Crippen LogP contribution in [0.25, 0.3) is 0 Å².